The highest BCUT2D eigenvalue weighted by Crippen LogP contribution is 2.17. The van der Waals surface area contributed by atoms with Crippen LogP contribution in [0.3, 0.4) is 0 Å². The van der Waals surface area contributed by atoms with Crippen LogP contribution in [0.25, 0.3) is 0 Å². The van der Waals surface area contributed by atoms with Crippen molar-refractivity contribution in [3.8, 4) is 0 Å². The Kier molecular flexibility index (Phi) is 10.2. The van der Waals surface area contributed by atoms with Gasteiger partial charge < -0.3 is 15.0 Å². The summed E-state index contributed by atoms with van der Waals surface area (Å²) in [7, 11) is 0. The smallest absolute Gasteiger partial charge is 0.345 e. The quantitative estimate of drug-likeness (QED) is 0.218. The van der Waals surface area contributed by atoms with Gasteiger partial charge in [0.15, 0.2) is 5.96 Å². The first-order chi connectivity index (χ1) is 15.7. The van der Waals surface area contributed by atoms with Crippen molar-refractivity contribution >= 4 is 29.9 Å². The lowest BCUT2D eigenvalue weighted by molar-refractivity contribution is 0.0907. The van der Waals surface area contributed by atoms with Gasteiger partial charge >= 0.3 is 5.69 Å². The molecule has 0 saturated carbocycles. The van der Waals surface area contributed by atoms with E-state index in [0.717, 1.165) is 76.7 Å². The first-order valence-electron chi connectivity index (χ1n) is 12.1. The lowest BCUT2D eigenvalue weighted by Crippen LogP contribution is -2.40. The molecule has 1 fully saturated rings. The van der Waals surface area contributed by atoms with Crippen molar-refractivity contribution in [3.05, 3.63) is 52.2 Å². The standard InChI is InChI=1S/C24H36N6O2.HI/c1-2-25-23(26-13-8-15-30-24(31)29-14-7-6-11-22(29)27-30)28-16-12-21(17-28)19-32-18-20-9-4-3-5-10-20;/h3-5,9-10,21H,2,6-8,11-19H2,1H3,(H,25,26);1H. The molecular weight excluding hydrogens is 531 g/mol. The Hall–Kier alpha value is -1.88. The lowest BCUT2D eigenvalue weighted by atomic mass is 10.1. The third-order valence-corrected chi connectivity index (χ3v) is 6.21. The summed E-state index contributed by atoms with van der Waals surface area (Å²) in [5, 5.41) is 7.94. The van der Waals surface area contributed by atoms with Gasteiger partial charge in [0.1, 0.15) is 5.82 Å². The molecule has 0 radical (unpaired) electrons. The topological polar surface area (TPSA) is 76.7 Å². The van der Waals surface area contributed by atoms with Gasteiger partial charge in [-0.15, -0.1) is 24.0 Å². The fourth-order valence-electron chi connectivity index (χ4n) is 4.50. The van der Waals surface area contributed by atoms with Gasteiger partial charge in [-0.25, -0.2) is 9.48 Å². The minimum absolute atomic E-state index is 0. The first kappa shape index (κ1) is 25.7. The molecular formula is C24H37IN6O2. The van der Waals surface area contributed by atoms with Crippen LogP contribution >= 0.6 is 24.0 Å². The number of likely N-dealkylation sites (tertiary alicyclic amines) is 1. The summed E-state index contributed by atoms with van der Waals surface area (Å²) in [4.78, 5) is 19.6. The summed E-state index contributed by atoms with van der Waals surface area (Å²) < 4.78 is 9.42. The second-order valence-electron chi connectivity index (χ2n) is 8.72. The maximum atomic E-state index is 12.5. The summed E-state index contributed by atoms with van der Waals surface area (Å²) in [5.41, 5.74) is 1.25. The maximum absolute atomic E-state index is 12.5. The van der Waals surface area contributed by atoms with Gasteiger partial charge in [0.2, 0.25) is 0 Å². The molecule has 0 amide bonds. The molecule has 1 atom stereocenters. The average molecular weight is 569 g/mol. The van der Waals surface area contributed by atoms with E-state index in [2.05, 4.69) is 34.4 Å². The lowest BCUT2D eigenvalue weighted by Gasteiger charge is -2.21. The van der Waals surface area contributed by atoms with Crippen LogP contribution in [0, 0.1) is 5.92 Å². The largest absolute Gasteiger partial charge is 0.376 e. The molecule has 1 unspecified atom stereocenters. The number of hydrogen-bond acceptors (Lipinski definition) is 4. The highest BCUT2D eigenvalue weighted by atomic mass is 127. The summed E-state index contributed by atoms with van der Waals surface area (Å²) in [6.07, 6.45) is 5.04. The molecule has 1 aromatic heterocycles. The number of benzene rings is 1. The monoisotopic (exact) mass is 568 g/mol. The van der Waals surface area contributed by atoms with E-state index in [4.69, 9.17) is 9.73 Å². The first-order valence-corrected chi connectivity index (χ1v) is 12.1. The molecule has 33 heavy (non-hydrogen) atoms. The summed E-state index contributed by atoms with van der Waals surface area (Å²) >= 11 is 0. The van der Waals surface area contributed by atoms with E-state index in [1.54, 1.807) is 4.68 Å². The van der Waals surface area contributed by atoms with Gasteiger partial charge in [-0.1, -0.05) is 30.3 Å². The zero-order valence-electron chi connectivity index (χ0n) is 19.6. The van der Waals surface area contributed by atoms with Gasteiger partial charge in [-0.3, -0.25) is 9.56 Å². The Morgan fingerprint density at radius 2 is 2.09 bits per heavy atom. The Bertz CT molecular complexity index is 942. The van der Waals surface area contributed by atoms with Crippen LogP contribution in [0.1, 0.15) is 44.0 Å². The van der Waals surface area contributed by atoms with Gasteiger partial charge in [0.05, 0.1) is 13.2 Å². The Morgan fingerprint density at radius 1 is 1.24 bits per heavy atom. The molecule has 0 bridgehead atoms. The fourth-order valence-corrected chi connectivity index (χ4v) is 4.50. The fraction of sp³-hybridized carbons (Fsp3) is 0.625. The van der Waals surface area contributed by atoms with Crippen molar-refractivity contribution in [1.29, 1.82) is 0 Å². The molecule has 0 spiro atoms. The second-order valence-corrected chi connectivity index (χ2v) is 8.72. The average Bonchev–Trinajstić information content (AvgIpc) is 3.41. The number of halogens is 1. The van der Waals surface area contributed by atoms with E-state index in [9.17, 15) is 4.79 Å². The highest BCUT2D eigenvalue weighted by molar-refractivity contribution is 14.0. The van der Waals surface area contributed by atoms with Crippen LogP contribution in [-0.2, 0) is 30.9 Å². The summed E-state index contributed by atoms with van der Waals surface area (Å²) in [6, 6.07) is 10.3. The van der Waals surface area contributed by atoms with E-state index < -0.39 is 0 Å². The van der Waals surface area contributed by atoms with Crippen LogP contribution in [-0.4, -0.2) is 58.0 Å². The maximum Gasteiger partial charge on any atom is 0.345 e. The summed E-state index contributed by atoms with van der Waals surface area (Å²) in [5.74, 6) is 2.43. The van der Waals surface area contributed by atoms with Crippen molar-refractivity contribution < 1.29 is 4.74 Å². The van der Waals surface area contributed by atoms with Crippen LogP contribution < -0.4 is 11.0 Å². The number of aliphatic imine (C=N–C) groups is 1. The normalized spacial score (nSPS) is 18.2. The highest BCUT2D eigenvalue weighted by Gasteiger charge is 2.25. The molecule has 0 aliphatic carbocycles. The van der Waals surface area contributed by atoms with Crippen molar-refractivity contribution in [1.82, 2.24) is 24.6 Å². The molecule has 9 heteroatoms. The molecule has 1 N–H and O–H groups in total. The van der Waals surface area contributed by atoms with E-state index >= 15 is 0 Å². The number of ether oxygens (including phenoxy) is 1. The number of aryl methyl sites for hydroxylation is 2. The zero-order valence-corrected chi connectivity index (χ0v) is 21.9. The van der Waals surface area contributed by atoms with E-state index in [1.807, 2.05) is 22.8 Å². The molecule has 2 aliphatic rings. The minimum Gasteiger partial charge on any atom is -0.376 e. The third-order valence-electron chi connectivity index (χ3n) is 6.21. The predicted molar refractivity (Wildman–Crippen MR) is 141 cm³/mol. The van der Waals surface area contributed by atoms with E-state index in [0.29, 0.717) is 25.6 Å². The number of aromatic nitrogens is 3. The molecule has 1 saturated heterocycles. The Balaban J connectivity index is 0.00000306. The van der Waals surface area contributed by atoms with Crippen LogP contribution in [0.5, 0.6) is 0 Å². The molecule has 8 nitrogen and oxygen atoms in total. The molecule has 2 aliphatic heterocycles. The van der Waals surface area contributed by atoms with Crippen molar-refractivity contribution in [2.24, 2.45) is 10.9 Å². The molecule has 2 aromatic rings. The number of rotatable bonds is 9. The van der Waals surface area contributed by atoms with Crippen LogP contribution in [0.2, 0.25) is 0 Å². The van der Waals surface area contributed by atoms with Crippen molar-refractivity contribution in [2.75, 3.05) is 32.8 Å². The third kappa shape index (κ3) is 7.05. The number of nitrogens with zero attached hydrogens (tertiary/aromatic N) is 5. The van der Waals surface area contributed by atoms with E-state index in [-0.39, 0.29) is 29.7 Å². The number of hydrogen-bond donors (Lipinski definition) is 1. The predicted octanol–water partition coefficient (Wildman–Crippen LogP) is 2.89. The van der Waals surface area contributed by atoms with Crippen LogP contribution in [0.4, 0.5) is 0 Å². The number of fused-ring (bicyclic) bond motifs is 1. The van der Waals surface area contributed by atoms with E-state index in [1.165, 1.54) is 5.56 Å². The molecule has 182 valence electrons. The summed E-state index contributed by atoms with van der Waals surface area (Å²) in [6.45, 7) is 8.47. The van der Waals surface area contributed by atoms with Gasteiger partial charge in [0, 0.05) is 51.6 Å². The number of nitrogens with one attached hydrogen (secondary N) is 1. The second kappa shape index (κ2) is 13.1. The number of guanidine groups is 1. The minimum atomic E-state index is 0. The SMILES string of the molecule is CCNC(=NCCCn1nc2n(c1=O)CCCC2)N1CCC(COCc2ccccc2)C1.I. The van der Waals surface area contributed by atoms with Crippen molar-refractivity contribution in [2.45, 2.75) is 58.7 Å². The molecule has 4 rings (SSSR count). The van der Waals surface area contributed by atoms with Gasteiger partial charge in [0.25, 0.3) is 0 Å². The van der Waals surface area contributed by atoms with Gasteiger partial charge in [-0.05, 0) is 38.2 Å². The van der Waals surface area contributed by atoms with Gasteiger partial charge in [-0.2, -0.15) is 5.10 Å². The Labute approximate surface area is 213 Å². The molecule has 1 aromatic carbocycles. The zero-order chi connectivity index (χ0) is 22.2. The molecule has 3 heterocycles. The van der Waals surface area contributed by atoms with Crippen LogP contribution in [0.15, 0.2) is 40.1 Å². The van der Waals surface area contributed by atoms with Crippen molar-refractivity contribution in [3.63, 3.8) is 0 Å². The Morgan fingerprint density at radius 3 is 2.88 bits per heavy atom.